The van der Waals surface area contributed by atoms with Crippen LogP contribution in [0, 0.1) is 0 Å². The maximum absolute atomic E-state index is 10.7. The molecule has 1 aromatic carbocycles. The van der Waals surface area contributed by atoms with Gasteiger partial charge >= 0.3 is 0 Å². The molecule has 1 aromatic rings. The normalized spacial score (nSPS) is 13.1. The average molecular weight is 196 g/mol. The van der Waals surface area contributed by atoms with Crippen LogP contribution in [0.4, 0.5) is 0 Å². The van der Waals surface area contributed by atoms with Crippen molar-refractivity contribution >= 4 is 16.9 Å². The Labute approximate surface area is 80.7 Å². The standard InChI is InChI=1S/C10H12O2S/c1-12-10-5-3-9(4-6-10)7-8-13(2)11/h3-8H,1-2H3/b8-7+/t13-/m1/s1. The molecule has 3 heteroatoms. The highest BCUT2D eigenvalue weighted by Gasteiger charge is 1.89. The van der Waals surface area contributed by atoms with Gasteiger partial charge in [-0.05, 0) is 23.8 Å². The van der Waals surface area contributed by atoms with Gasteiger partial charge in [-0.1, -0.05) is 12.1 Å². The third kappa shape index (κ3) is 3.42. The minimum absolute atomic E-state index is 0.828. The van der Waals surface area contributed by atoms with Crippen LogP contribution in [0.1, 0.15) is 5.56 Å². The van der Waals surface area contributed by atoms with Gasteiger partial charge < -0.3 is 4.74 Å². The van der Waals surface area contributed by atoms with Gasteiger partial charge in [0, 0.05) is 22.5 Å². The predicted molar refractivity (Wildman–Crippen MR) is 56.1 cm³/mol. The summed E-state index contributed by atoms with van der Waals surface area (Å²) in [6.07, 6.45) is 3.47. The van der Waals surface area contributed by atoms with E-state index in [1.807, 2.05) is 30.3 Å². The Balaban J connectivity index is 2.75. The van der Waals surface area contributed by atoms with Crippen molar-refractivity contribution in [2.75, 3.05) is 13.4 Å². The summed E-state index contributed by atoms with van der Waals surface area (Å²) in [5, 5.41) is 1.65. The van der Waals surface area contributed by atoms with Crippen LogP contribution in [0.2, 0.25) is 0 Å². The van der Waals surface area contributed by atoms with Crippen LogP contribution in [0.3, 0.4) is 0 Å². The first-order chi connectivity index (χ1) is 6.22. The van der Waals surface area contributed by atoms with Crippen molar-refractivity contribution < 1.29 is 8.95 Å². The molecule has 13 heavy (non-hydrogen) atoms. The Bertz CT molecular complexity index is 314. The van der Waals surface area contributed by atoms with Crippen LogP contribution in [-0.4, -0.2) is 17.6 Å². The van der Waals surface area contributed by atoms with E-state index in [0.717, 1.165) is 11.3 Å². The van der Waals surface area contributed by atoms with Crippen LogP contribution in [0.15, 0.2) is 29.7 Å². The van der Waals surface area contributed by atoms with E-state index in [0.29, 0.717) is 0 Å². The third-order valence-electron chi connectivity index (χ3n) is 1.57. The average Bonchev–Trinajstić information content (AvgIpc) is 2.15. The minimum Gasteiger partial charge on any atom is -0.497 e. The quantitative estimate of drug-likeness (QED) is 0.739. The summed E-state index contributed by atoms with van der Waals surface area (Å²) in [5.74, 6) is 0.828. The fraction of sp³-hybridized carbons (Fsp3) is 0.200. The molecule has 0 radical (unpaired) electrons. The lowest BCUT2D eigenvalue weighted by Gasteiger charge is -1.98. The molecule has 70 valence electrons. The summed E-state index contributed by atoms with van der Waals surface area (Å²) in [6, 6.07) is 7.58. The highest BCUT2D eigenvalue weighted by molar-refractivity contribution is 7.87. The summed E-state index contributed by atoms with van der Waals surface area (Å²) >= 11 is 0. The molecule has 0 N–H and O–H groups in total. The smallest absolute Gasteiger partial charge is 0.118 e. The zero-order valence-electron chi connectivity index (χ0n) is 7.69. The lowest BCUT2D eigenvalue weighted by molar-refractivity contribution is 0.415. The summed E-state index contributed by atoms with van der Waals surface area (Å²) in [5.41, 5.74) is 1.02. The molecule has 0 bridgehead atoms. The maximum Gasteiger partial charge on any atom is 0.118 e. The van der Waals surface area contributed by atoms with Crippen LogP contribution in [0.25, 0.3) is 6.08 Å². The monoisotopic (exact) mass is 196 g/mol. The zero-order chi connectivity index (χ0) is 9.68. The number of hydrogen-bond donors (Lipinski definition) is 0. The fourth-order valence-electron chi connectivity index (χ4n) is 0.889. The van der Waals surface area contributed by atoms with E-state index in [9.17, 15) is 4.21 Å². The largest absolute Gasteiger partial charge is 0.497 e. The summed E-state index contributed by atoms with van der Waals surface area (Å²) in [4.78, 5) is 0. The Morgan fingerprint density at radius 2 is 1.92 bits per heavy atom. The molecule has 0 aliphatic heterocycles. The topological polar surface area (TPSA) is 26.3 Å². The van der Waals surface area contributed by atoms with Gasteiger partial charge in [0.2, 0.25) is 0 Å². The van der Waals surface area contributed by atoms with Crippen LogP contribution in [0.5, 0.6) is 5.75 Å². The zero-order valence-corrected chi connectivity index (χ0v) is 8.51. The van der Waals surface area contributed by atoms with Crippen molar-refractivity contribution in [3.8, 4) is 5.75 Å². The van der Waals surface area contributed by atoms with E-state index in [1.54, 1.807) is 18.8 Å². The van der Waals surface area contributed by atoms with Gasteiger partial charge in [-0.25, -0.2) is 0 Å². The molecule has 1 atom stereocenters. The maximum atomic E-state index is 10.7. The van der Waals surface area contributed by atoms with E-state index < -0.39 is 10.8 Å². The Kier molecular flexibility index (Phi) is 3.71. The number of rotatable bonds is 3. The molecular formula is C10H12O2S. The molecule has 2 nitrogen and oxygen atoms in total. The lowest BCUT2D eigenvalue weighted by Crippen LogP contribution is -1.81. The van der Waals surface area contributed by atoms with Gasteiger partial charge in [0.25, 0.3) is 0 Å². The van der Waals surface area contributed by atoms with Crippen molar-refractivity contribution in [2.45, 2.75) is 0 Å². The molecule has 0 amide bonds. The molecule has 0 aliphatic carbocycles. The molecule has 0 saturated heterocycles. The van der Waals surface area contributed by atoms with Crippen molar-refractivity contribution in [2.24, 2.45) is 0 Å². The second-order valence-electron chi connectivity index (χ2n) is 2.57. The molecule has 0 unspecified atom stereocenters. The molecule has 1 rings (SSSR count). The number of methoxy groups -OCH3 is 1. The van der Waals surface area contributed by atoms with Crippen LogP contribution >= 0.6 is 0 Å². The molecule has 0 heterocycles. The SMILES string of the molecule is COc1ccc(/C=C/[S@@](C)=O)cc1. The van der Waals surface area contributed by atoms with Gasteiger partial charge in [-0.3, -0.25) is 4.21 Å². The molecule has 0 fully saturated rings. The second-order valence-corrected chi connectivity index (χ2v) is 3.84. The first kappa shape index (κ1) is 9.99. The Hall–Kier alpha value is -1.09. The minimum atomic E-state index is -0.885. The summed E-state index contributed by atoms with van der Waals surface area (Å²) in [6.45, 7) is 0. The molecule has 0 saturated carbocycles. The van der Waals surface area contributed by atoms with Gasteiger partial charge in [-0.2, -0.15) is 0 Å². The fourth-order valence-corrected chi connectivity index (χ4v) is 1.24. The summed E-state index contributed by atoms with van der Waals surface area (Å²) < 4.78 is 15.8. The van der Waals surface area contributed by atoms with Crippen LogP contribution in [-0.2, 0) is 10.8 Å². The van der Waals surface area contributed by atoms with Crippen molar-refractivity contribution in [3.63, 3.8) is 0 Å². The van der Waals surface area contributed by atoms with E-state index >= 15 is 0 Å². The number of ether oxygens (including phenoxy) is 1. The predicted octanol–water partition coefficient (Wildman–Crippen LogP) is 2.04. The third-order valence-corrected chi connectivity index (χ3v) is 2.09. The number of benzene rings is 1. The van der Waals surface area contributed by atoms with Crippen LogP contribution < -0.4 is 4.74 Å². The van der Waals surface area contributed by atoms with Gasteiger partial charge in [0.05, 0.1) is 7.11 Å². The molecular weight excluding hydrogens is 184 g/mol. The second kappa shape index (κ2) is 4.82. The lowest BCUT2D eigenvalue weighted by atomic mass is 10.2. The van der Waals surface area contributed by atoms with E-state index in [2.05, 4.69) is 0 Å². The van der Waals surface area contributed by atoms with E-state index in [1.165, 1.54) is 0 Å². The van der Waals surface area contributed by atoms with E-state index in [-0.39, 0.29) is 0 Å². The van der Waals surface area contributed by atoms with Gasteiger partial charge in [0.15, 0.2) is 0 Å². The Morgan fingerprint density at radius 3 is 2.38 bits per heavy atom. The summed E-state index contributed by atoms with van der Waals surface area (Å²) in [7, 11) is 0.746. The highest BCUT2D eigenvalue weighted by Crippen LogP contribution is 2.12. The first-order valence-corrected chi connectivity index (χ1v) is 5.49. The van der Waals surface area contributed by atoms with Gasteiger partial charge in [-0.15, -0.1) is 0 Å². The highest BCUT2D eigenvalue weighted by atomic mass is 32.2. The number of hydrogen-bond acceptors (Lipinski definition) is 2. The van der Waals surface area contributed by atoms with E-state index in [4.69, 9.17) is 4.74 Å². The molecule has 0 spiro atoms. The molecule has 0 aliphatic rings. The van der Waals surface area contributed by atoms with Crippen molar-refractivity contribution in [1.29, 1.82) is 0 Å². The molecule has 0 aromatic heterocycles. The van der Waals surface area contributed by atoms with Gasteiger partial charge in [0.1, 0.15) is 5.75 Å². The first-order valence-electron chi connectivity index (χ1n) is 3.87. The Morgan fingerprint density at radius 1 is 1.31 bits per heavy atom. The van der Waals surface area contributed by atoms with Crippen molar-refractivity contribution in [1.82, 2.24) is 0 Å². The van der Waals surface area contributed by atoms with Crippen molar-refractivity contribution in [3.05, 3.63) is 35.2 Å².